The maximum Gasteiger partial charge on any atom is 0.231 e. The van der Waals surface area contributed by atoms with Crippen molar-refractivity contribution < 1.29 is 9.47 Å². The molecule has 0 fully saturated rings. The summed E-state index contributed by atoms with van der Waals surface area (Å²) < 4.78 is 10.8. The van der Waals surface area contributed by atoms with Crippen LogP contribution in [0.2, 0.25) is 0 Å². The molecule has 0 radical (unpaired) electrons. The number of nitrogens with zero attached hydrogens (tertiary/aromatic N) is 2. The average Bonchev–Trinajstić information content (AvgIpc) is 3.34. The predicted octanol–water partition coefficient (Wildman–Crippen LogP) is 4.39. The van der Waals surface area contributed by atoms with E-state index < -0.39 is 0 Å². The van der Waals surface area contributed by atoms with Crippen molar-refractivity contribution in [1.29, 1.82) is 0 Å². The molecular formula is C22H21N5O2. The van der Waals surface area contributed by atoms with Crippen LogP contribution in [0.1, 0.15) is 11.3 Å². The Hall–Kier alpha value is -3.74. The number of fused-ring (bicyclic) bond motifs is 2. The molecule has 7 nitrogen and oxygen atoms in total. The first-order chi connectivity index (χ1) is 14.2. The Morgan fingerprint density at radius 2 is 1.93 bits per heavy atom. The number of rotatable bonds is 6. The zero-order valence-corrected chi connectivity index (χ0v) is 16.0. The molecule has 29 heavy (non-hydrogen) atoms. The summed E-state index contributed by atoms with van der Waals surface area (Å²) in [6.07, 6.45) is 2.97. The third-order valence-electron chi connectivity index (χ3n) is 4.86. The normalized spacial score (nSPS) is 12.3. The smallest absolute Gasteiger partial charge is 0.231 e. The highest BCUT2D eigenvalue weighted by atomic mass is 16.7. The molecule has 3 heterocycles. The topological polar surface area (TPSA) is 84.1 Å². The number of aryl methyl sites for hydroxylation is 1. The lowest BCUT2D eigenvalue weighted by Gasteiger charge is -2.10. The number of hydrogen-bond donors (Lipinski definition) is 3. The highest BCUT2D eigenvalue weighted by Gasteiger charge is 2.14. The van der Waals surface area contributed by atoms with Crippen molar-refractivity contribution >= 4 is 28.4 Å². The lowest BCUT2D eigenvalue weighted by molar-refractivity contribution is 0.174. The molecule has 0 aliphatic carbocycles. The van der Waals surface area contributed by atoms with E-state index in [1.165, 1.54) is 10.9 Å². The number of anilines is 3. The molecule has 146 valence electrons. The Labute approximate surface area is 168 Å². The Morgan fingerprint density at radius 1 is 1.03 bits per heavy atom. The van der Waals surface area contributed by atoms with Gasteiger partial charge in [0.2, 0.25) is 12.7 Å². The fourth-order valence-electron chi connectivity index (χ4n) is 3.48. The maximum absolute atomic E-state index is 5.43. The van der Waals surface area contributed by atoms with E-state index in [-0.39, 0.29) is 6.79 Å². The van der Waals surface area contributed by atoms with Gasteiger partial charge in [-0.25, -0.2) is 4.98 Å². The van der Waals surface area contributed by atoms with E-state index in [1.54, 1.807) is 0 Å². The van der Waals surface area contributed by atoms with Gasteiger partial charge in [-0.15, -0.1) is 0 Å². The summed E-state index contributed by atoms with van der Waals surface area (Å²) in [5.74, 6) is 2.80. The van der Waals surface area contributed by atoms with Crippen LogP contribution in [-0.4, -0.2) is 28.3 Å². The number of H-pyrrole nitrogens is 1. The number of aromatic amines is 1. The number of hydrogen-bond acceptors (Lipinski definition) is 6. The first-order valence-corrected chi connectivity index (χ1v) is 9.56. The molecular weight excluding hydrogens is 366 g/mol. The third-order valence-corrected chi connectivity index (χ3v) is 4.86. The molecule has 3 N–H and O–H groups in total. The van der Waals surface area contributed by atoms with E-state index in [0.29, 0.717) is 5.95 Å². The Balaban J connectivity index is 1.27. The molecule has 0 bridgehead atoms. The number of para-hydroxylation sites is 1. The van der Waals surface area contributed by atoms with E-state index >= 15 is 0 Å². The van der Waals surface area contributed by atoms with Gasteiger partial charge in [-0.05, 0) is 37.1 Å². The number of benzene rings is 2. The van der Waals surface area contributed by atoms with Gasteiger partial charge in [0.15, 0.2) is 11.5 Å². The van der Waals surface area contributed by atoms with E-state index in [4.69, 9.17) is 9.47 Å². The van der Waals surface area contributed by atoms with Crippen molar-refractivity contribution in [3.8, 4) is 11.5 Å². The van der Waals surface area contributed by atoms with Crippen molar-refractivity contribution in [2.45, 2.75) is 13.3 Å². The molecule has 0 saturated carbocycles. The van der Waals surface area contributed by atoms with Crippen LogP contribution in [0.5, 0.6) is 11.5 Å². The van der Waals surface area contributed by atoms with E-state index in [2.05, 4.69) is 50.0 Å². The van der Waals surface area contributed by atoms with E-state index in [9.17, 15) is 0 Å². The second-order valence-electron chi connectivity index (χ2n) is 6.95. The first kappa shape index (κ1) is 17.4. The van der Waals surface area contributed by atoms with Crippen LogP contribution in [-0.2, 0) is 6.42 Å². The van der Waals surface area contributed by atoms with Gasteiger partial charge in [-0.1, -0.05) is 18.2 Å². The molecule has 0 atom stereocenters. The molecule has 1 aliphatic heterocycles. The summed E-state index contributed by atoms with van der Waals surface area (Å²) in [4.78, 5) is 12.4. The highest BCUT2D eigenvalue weighted by molar-refractivity contribution is 5.83. The van der Waals surface area contributed by atoms with Crippen LogP contribution >= 0.6 is 0 Å². The summed E-state index contributed by atoms with van der Waals surface area (Å²) in [7, 11) is 0. The van der Waals surface area contributed by atoms with Gasteiger partial charge in [0.25, 0.3) is 0 Å². The van der Waals surface area contributed by atoms with Gasteiger partial charge in [0.1, 0.15) is 5.82 Å². The zero-order valence-electron chi connectivity index (χ0n) is 16.0. The number of ether oxygens (including phenoxy) is 2. The van der Waals surface area contributed by atoms with Gasteiger partial charge in [-0.2, -0.15) is 4.98 Å². The predicted molar refractivity (Wildman–Crippen MR) is 113 cm³/mol. The van der Waals surface area contributed by atoms with Crippen LogP contribution in [0.4, 0.5) is 17.5 Å². The standard InChI is InChI=1S/C22H21N5O2/c1-14-10-21(23-9-8-15-12-24-18-5-3-2-4-17(15)18)27-22(25-14)26-16-6-7-19-20(11-16)29-13-28-19/h2-7,10-12,24H,8-9,13H2,1H3,(H2,23,25,26,27). The number of aromatic nitrogens is 3. The molecule has 2 aromatic carbocycles. The van der Waals surface area contributed by atoms with Gasteiger partial charge in [0, 0.05) is 47.2 Å². The van der Waals surface area contributed by atoms with E-state index in [1.807, 2.05) is 37.3 Å². The molecule has 0 unspecified atom stereocenters. The van der Waals surface area contributed by atoms with Crippen LogP contribution in [0, 0.1) is 6.92 Å². The summed E-state index contributed by atoms with van der Waals surface area (Å²) in [6, 6.07) is 16.0. The lowest BCUT2D eigenvalue weighted by Crippen LogP contribution is -2.08. The molecule has 0 amide bonds. The monoisotopic (exact) mass is 387 g/mol. The lowest BCUT2D eigenvalue weighted by atomic mass is 10.1. The van der Waals surface area contributed by atoms with Crippen molar-refractivity contribution in [2.75, 3.05) is 24.0 Å². The Bertz CT molecular complexity index is 1170. The third kappa shape index (κ3) is 3.67. The minimum Gasteiger partial charge on any atom is -0.454 e. The van der Waals surface area contributed by atoms with Crippen LogP contribution in [0.3, 0.4) is 0 Å². The van der Waals surface area contributed by atoms with Crippen molar-refractivity contribution in [2.24, 2.45) is 0 Å². The van der Waals surface area contributed by atoms with Gasteiger partial charge < -0.3 is 25.1 Å². The van der Waals surface area contributed by atoms with Crippen LogP contribution in [0.25, 0.3) is 10.9 Å². The van der Waals surface area contributed by atoms with Gasteiger partial charge >= 0.3 is 0 Å². The SMILES string of the molecule is Cc1cc(NCCc2c[nH]c3ccccc23)nc(Nc2ccc3c(c2)OCO3)n1. The maximum atomic E-state index is 5.43. The van der Waals surface area contributed by atoms with Crippen LogP contribution in [0.15, 0.2) is 54.7 Å². The second kappa shape index (κ2) is 7.35. The largest absolute Gasteiger partial charge is 0.454 e. The molecule has 4 aromatic rings. The first-order valence-electron chi connectivity index (χ1n) is 9.56. The van der Waals surface area contributed by atoms with Crippen molar-refractivity contribution in [1.82, 2.24) is 15.0 Å². The van der Waals surface area contributed by atoms with Crippen molar-refractivity contribution in [3.63, 3.8) is 0 Å². The molecule has 0 saturated heterocycles. The summed E-state index contributed by atoms with van der Waals surface area (Å²) >= 11 is 0. The molecule has 1 aliphatic rings. The minimum atomic E-state index is 0.254. The molecule has 5 rings (SSSR count). The summed E-state index contributed by atoms with van der Waals surface area (Å²) in [5.41, 5.74) is 4.19. The average molecular weight is 387 g/mol. The highest BCUT2D eigenvalue weighted by Crippen LogP contribution is 2.34. The molecule has 7 heteroatoms. The van der Waals surface area contributed by atoms with Gasteiger partial charge in [0.05, 0.1) is 0 Å². The fraction of sp³-hybridized carbons (Fsp3) is 0.182. The van der Waals surface area contributed by atoms with Crippen LogP contribution < -0.4 is 20.1 Å². The van der Waals surface area contributed by atoms with Gasteiger partial charge in [-0.3, -0.25) is 0 Å². The van der Waals surface area contributed by atoms with Crippen molar-refractivity contribution in [3.05, 3.63) is 66.0 Å². The quantitative estimate of drug-likeness (QED) is 0.455. The Morgan fingerprint density at radius 3 is 2.90 bits per heavy atom. The fourth-order valence-corrected chi connectivity index (χ4v) is 3.48. The summed E-state index contributed by atoms with van der Waals surface area (Å²) in [6.45, 7) is 2.99. The molecule has 0 spiro atoms. The zero-order chi connectivity index (χ0) is 19.6. The second-order valence-corrected chi connectivity index (χ2v) is 6.95. The number of nitrogens with one attached hydrogen (secondary N) is 3. The summed E-state index contributed by atoms with van der Waals surface area (Å²) in [5, 5.41) is 7.91. The minimum absolute atomic E-state index is 0.254. The Kier molecular flexibility index (Phi) is 4.40. The van der Waals surface area contributed by atoms with E-state index in [0.717, 1.165) is 47.2 Å². The molecule has 2 aromatic heterocycles.